The van der Waals surface area contributed by atoms with Crippen LogP contribution in [0.3, 0.4) is 0 Å². The quantitative estimate of drug-likeness (QED) is 0.688. The SMILES string of the molecule is COc1ccc(-c2nnc([C@@H](C)N3CCN(c4ccccn4)CC3)o2)cc1. The largest absolute Gasteiger partial charge is 0.497 e. The molecule has 0 bridgehead atoms. The first kappa shape index (κ1) is 17.5. The molecule has 1 aliphatic heterocycles. The van der Waals surface area contributed by atoms with Crippen molar-refractivity contribution < 1.29 is 9.15 Å². The van der Waals surface area contributed by atoms with Crippen LogP contribution in [0.5, 0.6) is 5.75 Å². The molecule has 0 amide bonds. The first-order valence-electron chi connectivity index (χ1n) is 9.12. The van der Waals surface area contributed by atoms with Gasteiger partial charge in [0.05, 0.1) is 13.2 Å². The molecule has 0 radical (unpaired) electrons. The number of nitrogens with zero attached hydrogens (tertiary/aromatic N) is 5. The Morgan fingerprint density at radius 2 is 1.78 bits per heavy atom. The third-order valence-electron chi connectivity index (χ3n) is 4.97. The van der Waals surface area contributed by atoms with Gasteiger partial charge in [-0.15, -0.1) is 10.2 Å². The Morgan fingerprint density at radius 1 is 1.00 bits per heavy atom. The van der Waals surface area contributed by atoms with E-state index >= 15 is 0 Å². The van der Waals surface area contributed by atoms with Crippen LogP contribution in [0.25, 0.3) is 11.5 Å². The summed E-state index contributed by atoms with van der Waals surface area (Å²) in [5, 5.41) is 8.49. The maximum Gasteiger partial charge on any atom is 0.247 e. The molecular formula is C20H23N5O2. The second kappa shape index (κ2) is 7.75. The molecule has 0 aliphatic carbocycles. The highest BCUT2D eigenvalue weighted by molar-refractivity contribution is 5.54. The van der Waals surface area contributed by atoms with Gasteiger partial charge in [-0.1, -0.05) is 6.07 Å². The minimum Gasteiger partial charge on any atom is -0.497 e. The van der Waals surface area contributed by atoms with Crippen molar-refractivity contribution in [1.29, 1.82) is 0 Å². The summed E-state index contributed by atoms with van der Waals surface area (Å²) >= 11 is 0. The number of piperazine rings is 1. The lowest BCUT2D eigenvalue weighted by molar-refractivity contribution is 0.173. The summed E-state index contributed by atoms with van der Waals surface area (Å²) in [4.78, 5) is 9.11. The van der Waals surface area contributed by atoms with Gasteiger partial charge in [-0.3, -0.25) is 4.90 Å². The van der Waals surface area contributed by atoms with Gasteiger partial charge in [0.2, 0.25) is 11.8 Å². The lowest BCUT2D eigenvalue weighted by Gasteiger charge is -2.37. The number of hydrogen-bond acceptors (Lipinski definition) is 7. The van der Waals surface area contributed by atoms with Gasteiger partial charge in [0.1, 0.15) is 11.6 Å². The molecule has 4 rings (SSSR count). The highest BCUT2D eigenvalue weighted by Gasteiger charge is 2.26. The topological polar surface area (TPSA) is 67.5 Å². The Balaban J connectivity index is 1.40. The lowest BCUT2D eigenvalue weighted by Crippen LogP contribution is -2.47. The average Bonchev–Trinajstić information content (AvgIpc) is 3.24. The van der Waals surface area contributed by atoms with Gasteiger partial charge in [0.25, 0.3) is 0 Å². The van der Waals surface area contributed by atoms with Crippen molar-refractivity contribution in [3.63, 3.8) is 0 Å². The predicted molar refractivity (Wildman–Crippen MR) is 103 cm³/mol. The second-order valence-corrected chi connectivity index (χ2v) is 6.56. The number of anilines is 1. The monoisotopic (exact) mass is 365 g/mol. The first-order chi connectivity index (χ1) is 13.2. The highest BCUT2D eigenvalue weighted by atomic mass is 16.5. The molecule has 1 atom stereocenters. The van der Waals surface area contributed by atoms with E-state index < -0.39 is 0 Å². The molecule has 27 heavy (non-hydrogen) atoms. The number of hydrogen-bond donors (Lipinski definition) is 0. The summed E-state index contributed by atoms with van der Waals surface area (Å²) in [6.07, 6.45) is 1.84. The highest BCUT2D eigenvalue weighted by Crippen LogP contribution is 2.26. The molecule has 0 unspecified atom stereocenters. The minimum absolute atomic E-state index is 0.0791. The van der Waals surface area contributed by atoms with E-state index in [9.17, 15) is 0 Å². The van der Waals surface area contributed by atoms with E-state index in [2.05, 4.69) is 38.0 Å². The first-order valence-corrected chi connectivity index (χ1v) is 9.12. The zero-order valence-corrected chi connectivity index (χ0v) is 15.6. The van der Waals surface area contributed by atoms with Gasteiger partial charge in [0, 0.05) is 37.9 Å². The summed E-state index contributed by atoms with van der Waals surface area (Å²) in [6.45, 7) is 5.83. The molecule has 7 nitrogen and oxygen atoms in total. The van der Waals surface area contributed by atoms with E-state index in [1.807, 2.05) is 42.6 Å². The van der Waals surface area contributed by atoms with Crippen molar-refractivity contribution in [1.82, 2.24) is 20.1 Å². The normalized spacial score (nSPS) is 16.3. The van der Waals surface area contributed by atoms with Gasteiger partial charge in [0.15, 0.2) is 0 Å². The maximum absolute atomic E-state index is 5.94. The Kier molecular flexibility index (Phi) is 5.02. The van der Waals surface area contributed by atoms with Crippen LogP contribution in [0.1, 0.15) is 18.9 Å². The van der Waals surface area contributed by atoms with Crippen LogP contribution in [-0.4, -0.2) is 53.4 Å². The molecule has 2 aromatic heterocycles. The fraction of sp³-hybridized carbons (Fsp3) is 0.350. The van der Waals surface area contributed by atoms with Crippen molar-refractivity contribution in [2.75, 3.05) is 38.2 Å². The van der Waals surface area contributed by atoms with Crippen LogP contribution in [0.4, 0.5) is 5.82 Å². The molecule has 0 saturated carbocycles. The van der Waals surface area contributed by atoms with Gasteiger partial charge in [-0.25, -0.2) is 4.98 Å². The van der Waals surface area contributed by atoms with Crippen LogP contribution >= 0.6 is 0 Å². The molecule has 1 saturated heterocycles. The minimum atomic E-state index is 0.0791. The zero-order valence-electron chi connectivity index (χ0n) is 15.6. The van der Waals surface area contributed by atoms with Crippen molar-refractivity contribution in [3.05, 3.63) is 54.6 Å². The number of pyridine rings is 1. The van der Waals surface area contributed by atoms with E-state index in [4.69, 9.17) is 9.15 Å². The van der Waals surface area contributed by atoms with Crippen molar-refractivity contribution >= 4 is 5.82 Å². The smallest absolute Gasteiger partial charge is 0.247 e. The van der Waals surface area contributed by atoms with Crippen LogP contribution in [0.15, 0.2) is 53.1 Å². The molecule has 3 heterocycles. The van der Waals surface area contributed by atoms with Crippen LogP contribution in [0, 0.1) is 0 Å². The Hall–Kier alpha value is -2.93. The summed E-state index contributed by atoms with van der Waals surface area (Å²) in [7, 11) is 1.65. The molecule has 0 N–H and O–H groups in total. The predicted octanol–water partition coefficient (Wildman–Crippen LogP) is 3.02. The van der Waals surface area contributed by atoms with Crippen LogP contribution < -0.4 is 9.64 Å². The molecule has 0 spiro atoms. The van der Waals surface area contributed by atoms with Gasteiger partial charge >= 0.3 is 0 Å². The molecule has 7 heteroatoms. The third kappa shape index (κ3) is 3.78. The van der Waals surface area contributed by atoms with Gasteiger partial charge < -0.3 is 14.1 Å². The lowest BCUT2D eigenvalue weighted by atomic mass is 10.2. The second-order valence-electron chi connectivity index (χ2n) is 6.56. The number of methoxy groups -OCH3 is 1. The van der Waals surface area contributed by atoms with Gasteiger partial charge in [-0.2, -0.15) is 0 Å². The number of rotatable bonds is 5. The summed E-state index contributed by atoms with van der Waals surface area (Å²) in [6, 6.07) is 13.7. The van der Waals surface area contributed by atoms with E-state index in [0.717, 1.165) is 43.3 Å². The van der Waals surface area contributed by atoms with Crippen LogP contribution in [-0.2, 0) is 0 Å². The van der Waals surface area contributed by atoms with Crippen LogP contribution in [0.2, 0.25) is 0 Å². The standard InChI is InChI=1S/C20H23N5O2/c1-15(24-11-13-25(14-12-24)18-5-3-4-10-21-18)19-22-23-20(27-19)16-6-8-17(26-2)9-7-16/h3-10,15H,11-14H2,1-2H3/t15-/m1/s1. The van der Waals surface area contributed by atoms with E-state index in [1.54, 1.807) is 7.11 Å². The number of aromatic nitrogens is 3. The van der Waals surface area contributed by atoms with Crippen molar-refractivity contribution in [2.45, 2.75) is 13.0 Å². The van der Waals surface area contributed by atoms with Crippen molar-refractivity contribution in [2.24, 2.45) is 0 Å². The summed E-state index contributed by atoms with van der Waals surface area (Å²) in [5.74, 6) is 3.01. The average molecular weight is 365 g/mol. The zero-order chi connectivity index (χ0) is 18.6. The molecule has 3 aromatic rings. The Morgan fingerprint density at radius 3 is 2.44 bits per heavy atom. The fourth-order valence-electron chi connectivity index (χ4n) is 3.29. The number of benzene rings is 1. The summed E-state index contributed by atoms with van der Waals surface area (Å²) < 4.78 is 11.1. The van der Waals surface area contributed by atoms with E-state index in [0.29, 0.717) is 11.8 Å². The van der Waals surface area contributed by atoms with Crippen molar-refractivity contribution in [3.8, 4) is 17.2 Å². The van der Waals surface area contributed by atoms with E-state index in [1.165, 1.54) is 0 Å². The Labute approximate surface area is 158 Å². The fourth-order valence-corrected chi connectivity index (χ4v) is 3.29. The molecular weight excluding hydrogens is 342 g/mol. The Bertz CT molecular complexity index is 858. The summed E-state index contributed by atoms with van der Waals surface area (Å²) in [5.41, 5.74) is 0.890. The van der Waals surface area contributed by atoms with E-state index in [-0.39, 0.29) is 6.04 Å². The number of ether oxygens (including phenoxy) is 1. The molecule has 140 valence electrons. The molecule has 1 aromatic carbocycles. The maximum atomic E-state index is 5.94. The molecule has 1 aliphatic rings. The van der Waals surface area contributed by atoms with Gasteiger partial charge in [-0.05, 0) is 43.3 Å². The molecule has 1 fully saturated rings. The third-order valence-corrected chi connectivity index (χ3v) is 4.97.